The summed E-state index contributed by atoms with van der Waals surface area (Å²) in [5.74, 6) is -0.217. The molecule has 0 bridgehead atoms. The van der Waals surface area contributed by atoms with Gasteiger partial charge in [0, 0.05) is 24.6 Å². The first-order valence-corrected chi connectivity index (χ1v) is 7.85. The van der Waals surface area contributed by atoms with Gasteiger partial charge in [-0.25, -0.2) is 8.42 Å². The maximum Gasteiger partial charge on any atom is 0.245 e. The predicted molar refractivity (Wildman–Crippen MR) is 75.0 cm³/mol. The Morgan fingerprint density at radius 2 is 2.00 bits per heavy atom. The van der Waals surface area contributed by atoms with Crippen LogP contribution >= 0.6 is 15.9 Å². The first-order chi connectivity index (χ1) is 8.82. The summed E-state index contributed by atoms with van der Waals surface area (Å²) in [5.41, 5.74) is 5.91. The number of halogens is 1. The van der Waals surface area contributed by atoms with Crippen molar-refractivity contribution < 1.29 is 13.2 Å². The molecule has 0 aliphatic carbocycles. The molecule has 0 unspecified atom stereocenters. The van der Waals surface area contributed by atoms with Crippen LogP contribution in [0.25, 0.3) is 0 Å². The average molecular weight is 348 g/mol. The number of carbonyl (C=O) groups is 1. The quantitative estimate of drug-likeness (QED) is 0.789. The molecule has 1 amide bonds. The Labute approximate surface area is 120 Å². The molecule has 0 aromatic heterocycles. The van der Waals surface area contributed by atoms with Gasteiger partial charge in [0.2, 0.25) is 15.9 Å². The van der Waals surface area contributed by atoms with Crippen molar-refractivity contribution in [3.63, 3.8) is 0 Å². The van der Waals surface area contributed by atoms with Crippen molar-refractivity contribution in [2.45, 2.75) is 4.90 Å². The van der Waals surface area contributed by atoms with Gasteiger partial charge in [0.15, 0.2) is 0 Å². The van der Waals surface area contributed by atoms with Crippen molar-refractivity contribution in [3.8, 4) is 0 Å². The lowest BCUT2D eigenvalue weighted by Crippen LogP contribution is -2.50. The third-order valence-corrected chi connectivity index (χ3v) is 5.42. The van der Waals surface area contributed by atoms with Crippen LogP contribution in [0.4, 0.5) is 5.69 Å². The molecule has 104 valence electrons. The zero-order chi connectivity index (χ0) is 14.2. The van der Waals surface area contributed by atoms with E-state index in [0.29, 0.717) is 11.0 Å². The van der Waals surface area contributed by atoms with E-state index in [1.54, 1.807) is 13.1 Å². The second-order valence-corrected chi connectivity index (χ2v) is 7.16. The van der Waals surface area contributed by atoms with Gasteiger partial charge in [-0.2, -0.15) is 4.31 Å². The largest absolute Gasteiger partial charge is 0.398 e. The van der Waals surface area contributed by atoms with E-state index in [4.69, 9.17) is 5.73 Å². The van der Waals surface area contributed by atoms with E-state index in [-0.39, 0.29) is 29.6 Å². The molecule has 0 radical (unpaired) electrons. The molecule has 2 N–H and O–H groups in total. The van der Waals surface area contributed by atoms with Crippen LogP contribution in [0.5, 0.6) is 0 Å². The second-order valence-electron chi connectivity index (χ2n) is 4.34. The fourth-order valence-electron chi connectivity index (χ4n) is 1.84. The first kappa shape index (κ1) is 14.3. The molecule has 2 rings (SSSR count). The lowest BCUT2D eigenvalue weighted by molar-refractivity contribution is -0.132. The predicted octanol–water partition coefficient (Wildman–Crippen LogP) is 0.494. The normalized spacial score (nSPS) is 17.8. The molecule has 1 fully saturated rings. The van der Waals surface area contributed by atoms with E-state index in [0.717, 1.165) is 4.31 Å². The summed E-state index contributed by atoms with van der Waals surface area (Å²) < 4.78 is 26.7. The molecule has 1 saturated heterocycles. The van der Waals surface area contributed by atoms with Crippen LogP contribution in [0.1, 0.15) is 0 Å². The first-order valence-electron chi connectivity index (χ1n) is 5.61. The summed E-state index contributed by atoms with van der Waals surface area (Å²) in [4.78, 5) is 13.1. The third-order valence-electron chi connectivity index (χ3n) is 3.01. The number of anilines is 1. The van der Waals surface area contributed by atoms with Crippen LogP contribution in [0.2, 0.25) is 0 Å². The highest BCUT2D eigenvalue weighted by Crippen LogP contribution is 2.26. The summed E-state index contributed by atoms with van der Waals surface area (Å²) in [5, 5.41) is 0. The zero-order valence-corrected chi connectivity index (χ0v) is 12.7. The number of amides is 1. The van der Waals surface area contributed by atoms with Gasteiger partial charge >= 0.3 is 0 Å². The fraction of sp³-hybridized carbons (Fsp3) is 0.364. The van der Waals surface area contributed by atoms with Crippen LogP contribution in [0, 0.1) is 0 Å². The van der Waals surface area contributed by atoms with Crippen LogP contribution in [0.3, 0.4) is 0 Å². The molecule has 19 heavy (non-hydrogen) atoms. The number of benzene rings is 1. The molecule has 1 aliphatic rings. The monoisotopic (exact) mass is 347 g/mol. The van der Waals surface area contributed by atoms with E-state index < -0.39 is 10.0 Å². The molecule has 0 atom stereocenters. The number of sulfonamides is 1. The fourth-order valence-corrected chi connectivity index (χ4v) is 3.69. The summed E-state index contributed by atoms with van der Waals surface area (Å²) in [6.07, 6.45) is 0. The van der Waals surface area contributed by atoms with Crippen molar-refractivity contribution in [2.24, 2.45) is 0 Å². The zero-order valence-electron chi connectivity index (χ0n) is 10.3. The van der Waals surface area contributed by atoms with Gasteiger partial charge in [-0.15, -0.1) is 0 Å². The second kappa shape index (κ2) is 5.10. The maximum atomic E-state index is 12.4. The number of nitrogens with two attached hydrogens (primary N) is 1. The van der Waals surface area contributed by atoms with Crippen LogP contribution in [-0.2, 0) is 14.8 Å². The Bertz CT molecular complexity index is 618. The number of carbonyl (C=O) groups excluding carboxylic acids is 1. The van der Waals surface area contributed by atoms with E-state index in [9.17, 15) is 13.2 Å². The summed E-state index contributed by atoms with van der Waals surface area (Å²) >= 11 is 3.23. The molecule has 1 aromatic carbocycles. The molecule has 1 aliphatic heterocycles. The van der Waals surface area contributed by atoms with Gasteiger partial charge in [-0.1, -0.05) is 15.9 Å². The highest BCUT2D eigenvalue weighted by molar-refractivity contribution is 9.10. The number of nitrogen functional groups attached to an aromatic ring is 1. The van der Waals surface area contributed by atoms with Crippen LogP contribution in [0.15, 0.2) is 27.6 Å². The van der Waals surface area contributed by atoms with Crippen molar-refractivity contribution in [3.05, 3.63) is 22.7 Å². The number of likely N-dealkylation sites (N-methyl/N-ethyl adjacent to an activating group) is 1. The van der Waals surface area contributed by atoms with Crippen LogP contribution in [-0.4, -0.2) is 50.2 Å². The Morgan fingerprint density at radius 1 is 1.32 bits per heavy atom. The van der Waals surface area contributed by atoms with Crippen molar-refractivity contribution in [2.75, 3.05) is 32.4 Å². The van der Waals surface area contributed by atoms with Gasteiger partial charge in [-0.3, -0.25) is 4.79 Å². The van der Waals surface area contributed by atoms with Gasteiger partial charge in [0.05, 0.1) is 12.2 Å². The number of piperazine rings is 1. The average Bonchev–Trinajstić information content (AvgIpc) is 2.32. The third kappa shape index (κ3) is 2.75. The van der Waals surface area contributed by atoms with Crippen LogP contribution < -0.4 is 5.73 Å². The number of hydrogen-bond donors (Lipinski definition) is 1. The molecule has 1 heterocycles. The smallest absolute Gasteiger partial charge is 0.245 e. The molecule has 0 spiro atoms. The Morgan fingerprint density at radius 3 is 2.58 bits per heavy atom. The number of nitrogens with zero attached hydrogens (tertiary/aromatic N) is 2. The van der Waals surface area contributed by atoms with Gasteiger partial charge in [0.1, 0.15) is 4.90 Å². The lowest BCUT2D eigenvalue weighted by atomic mass is 10.3. The van der Waals surface area contributed by atoms with E-state index in [1.807, 2.05) is 0 Å². The summed E-state index contributed by atoms with van der Waals surface area (Å²) in [7, 11) is -2.07. The topological polar surface area (TPSA) is 83.7 Å². The molecule has 8 heteroatoms. The maximum absolute atomic E-state index is 12.4. The molecule has 1 aromatic rings. The summed E-state index contributed by atoms with van der Waals surface area (Å²) in [6, 6.07) is 4.59. The lowest BCUT2D eigenvalue weighted by Gasteiger charge is -2.31. The highest BCUT2D eigenvalue weighted by atomic mass is 79.9. The van der Waals surface area contributed by atoms with Gasteiger partial charge < -0.3 is 10.6 Å². The molecular formula is C11H14BrN3O3S. The summed E-state index contributed by atoms with van der Waals surface area (Å²) in [6.45, 7) is 0.517. The van der Waals surface area contributed by atoms with E-state index in [2.05, 4.69) is 15.9 Å². The Hall–Kier alpha value is -1.12. The Kier molecular flexibility index (Phi) is 3.84. The SMILES string of the molecule is CN1CCN(S(=O)(=O)c2ccc(Br)cc2N)CC1=O. The molecule has 0 saturated carbocycles. The number of rotatable bonds is 2. The van der Waals surface area contributed by atoms with Crippen molar-refractivity contribution in [1.82, 2.24) is 9.21 Å². The molecular weight excluding hydrogens is 334 g/mol. The standard InChI is InChI=1S/C11H14BrN3O3S/c1-14-4-5-15(7-11(14)16)19(17,18)10-3-2-8(12)6-9(10)13/h2-3,6H,4-5,7,13H2,1H3. The highest BCUT2D eigenvalue weighted by Gasteiger charge is 2.32. The number of hydrogen-bond acceptors (Lipinski definition) is 4. The minimum absolute atomic E-state index is 0.0352. The van der Waals surface area contributed by atoms with E-state index in [1.165, 1.54) is 17.0 Å². The van der Waals surface area contributed by atoms with Gasteiger partial charge in [0.25, 0.3) is 0 Å². The van der Waals surface area contributed by atoms with Gasteiger partial charge in [-0.05, 0) is 18.2 Å². The van der Waals surface area contributed by atoms with Crippen molar-refractivity contribution >= 4 is 37.5 Å². The minimum Gasteiger partial charge on any atom is -0.398 e. The minimum atomic E-state index is -3.73. The van der Waals surface area contributed by atoms with Crippen molar-refractivity contribution in [1.29, 1.82) is 0 Å². The van der Waals surface area contributed by atoms with E-state index >= 15 is 0 Å². The Balaban J connectivity index is 2.35. The molecule has 6 nitrogen and oxygen atoms in total.